The van der Waals surface area contributed by atoms with Crippen molar-refractivity contribution in [2.45, 2.75) is 32.0 Å². The summed E-state index contributed by atoms with van der Waals surface area (Å²) in [5.41, 5.74) is -0.424. The molecule has 1 aliphatic carbocycles. The van der Waals surface area contributed by atoms with Crippen LogP contribution in [-0.4, -0.2) is 59.9 Å². The van der Waals surface area contributed by atoms with Crippen molar-refractivity contribution in [3.63, 3.8) is 0 Å². The molecule has 1 unspecified atom stereocenters. The number of piperazine rings is 1. The van der Waals surface area contributed by atoms with Gasteiger partial charge in [0.25, 0.3) is 0 Å². The molecule has 1 saturated heterocycles. The molecule has 5 rings (SSSR count). The summed E-state index contributed by atoms with van der Waals surface area (Å²) in [5.74, 6) is -0.555. The Bertz CT molecular complexity index is 1490. The van der Waals surface area contributed by atoms with E-state index < -0.39 is 23.6 Å². The fraction of sp³-hybridized carbons (Fsp3) is 0.367. The summed E-state index contributed by atoms with van der Waals surface area (Å²) in [6, 6.07) is 9.04. The Labute approximate surface area is 246 Å². The Morgan fingerprint density at radius 3 is 2.35 bits per heavy atom. The van der Waals surface area contributed by atoms with Gasteiger partial charge in [0, 0.05) is 67.8 Å². The van der Waals surface area contributed by atoms with Gasteiger partial charge in [0.05, 0.1) is 5.56 Å². The first-order valence-corrected chi connectivity index (χ1v) is 13.9. The number of nitrogens with one attached hydrogen (secondary N) is 3. The summed E-state index contributed by atoms with van der Waals surface area (Å²) in [4.78, 5) is 33.0. The maximum absolute atomic E-state index is 14.9. The molecular formula is C30H32F4N6O3. The molecule has 43 heavy (non-hydrogen) atoms. The van der Waals surface area contributed by atoms with Gasteiger partial charge < -0.3 is 25.6 Å². The normalized spacial score (nSPS) is 16.8. The number of pyridine rings is 1. The monoisotopic (exact) mass is 600 g/mol. The van der Waals surface area contributed by atoms with Crippen molar-refractivity contribution in [3.05, 3.63) is 71.7 Å². The first-order chi connectivity index (χ1) is 20.4. The molecule has 2 heterocycles. The molecule has 13 heteroatoms. The van der Waals surface area contributed by atoms with E-state index in [2.05, 4.69) is 30.7 Å². The molecule has 3 amide bonds. The first-order valence-electron chi connectivity index (χ1n) is 13.9. The molecule has 228 valence electrons. The number of hydrogen-bond acceptors (Lipinski definition) is 6. The van der Waals surface area contributed by atoms with Gasteiger partial charge in [0.15, 0.2) is 11.6 Å². The van der Waals surface area contributed by atoms with Gasteiger partial charge in [-0.05, 0) is 68.8 Å². The Hall–Kier alpha value is -4.23. The molecule has 2 fully saturated rings. The van der Waals surface area contributed by atoms with Gasteiger partial charge in [-0.15, -0.1) is 0 Å². The molecular weight excluding hydrogens is 568 g/mol. The minimum Gasteiger partial charge on any atom is -0.454 e. The molecule has 1 saturated carbocycles. The zero-order valence-corrected chi connectivity index (χ0v) is 23.7. The zero-order chi connectivity index (χ0) is 30.7. The number of carbonyl (C=O) groups excluding carboxylic acids is 2. The van der Waals surface area contributed by atoms with E-state index in [1.807, 2.05) is 14.0 Å². The molecule has 9 nitrogen and oxygen atoms in total. The van der Waals surface area contributed by atoms with Crippen LogP contribution in [0.15, 0.2) is 54.7 Å². The van der Waals surface area contributed by atoms with Crippen LogP contribution in [0.25, 0.3) is 0 Å². The summed E-state index contributed by atoms with van der Waals surface area (Å²) < 4.78 is 61.6. The standard InChI is InChI=1S/C30H32F4N6O3/c1-18(40-11-9-39(2)10-12-40)20-13-21(30(32,33)34)15-23(14-20)37-29(42)36-22-5-6-26(25(31)16-22)43-24-7-8-35-27(17-24)38-28(41)19-3-4-19/h5-8,13-19H,3-4,9-12H2,1-2H3,(H,35,38,41)(H2,36,37,42). The number of hydrogen-bond donors (Lipinski definition) is 3. The van der Waals surface area contributed by atoms with Crippen LogP contribution in [0.5, 0.6) is 11.5 Å². The van der Waals surface area contributed by atoms with Crippen LogP contribution < -0.4 is 20.7 Å². The molecule has 1 aromatic heterocycles. The van der Waals surface area contributed by atoms with Crippen molar-refractivity contribution < 1.29 is 31.9 Å². The van der Waals surface area contributed by atoms with Crippen LogP contribution in [0, 0.1) is 11.7 Å². The van der Waals surface area contributed by atoms with Crippen molar-refractivity contribution in [1.29, 1.82) is 0 Å². The highest BCUT2D eigenvalue weighted by Gasteiger charge is 2.33. The summed E-state index contributed by atoms with van der Waals surface area (Å²) in [5, 5.41) is 7.58. The minimum absolute atomic E-state index is 0.0117. The number of anilines is 3. The lowest BCUT2D eigenvalue weighted by atomic mass is 10.0. The Morgan fingerprint density at radius 2 is 1.67 bits per heavy atom. The largest absolute Gasteiger partial charge is 0.454 e. The Morgan fingerprint density at radius 1 is 0.953 bits per heavy atom. The number of urea groups is 1. The lowest BCUT2D eigenvalue weighted by molar-refractivity contribution is -0.137. The number of amides is 3. The predicted octanol–water partition coefficient (Wildman–Crippen LogP) is 6.33. The second kappa shape index (κ2) is 12.6. The third-order valence-electron chi connectivity index (χ3n) is 7.46. The number of likely N-dealkylation sites (N-methyl/N-ethyl adjacent to an activating group) is 1. The number of ether oxygens (including phenoxy) is 1. The van der Waals surface area contributed by atoms with Gasteiger partial charge in [0.1, 0.15) is 11.6 Å². The molecule has 0 spiro atoms. The van der Waals surface area contributed by atoms with Crippen molar-refractivity contribution in [3.8, 4) is 11.5 Å². The lowest BCUT2D eigenvalue weighted by Gasteiger charge is -2.36. The van der Waals surface area contributed by atoms with Crippen molar-refractivity contribution >= 4 is 29.1 Å². The topological polar surface area (TPSA) is 98.8 Å². The molecule has 2 aliphatic rings. The van der Waals surface area contributed by atoms with Crippen LogP contribution in [0.2, 0.25) is 0 Å². The number of benzene rings is 2. The number of carbonyl (C=O) groups is 2. The van der Waals surface area contributed by atoms with Gasteiger partial charge >= 0.3 is 12.2 Å². The average Bonchev–Trinajstić information content (AvgIpc) is 3.80. The van der Waals surface area contributed by atoms with E-state index in [9.17, 15) is 27.2 Å². The zero-order valence-electron chi connectivity index (χ0n) is 23.7. The predicted molar refractivity (Wildman–Crippen MR) is 154 cm³/mol. The summed E-state index contributed by atoms with van der Waals surface area (Å²) in [6.45, 7) is 4.87. The van der Waals surface area contributed by atoms with Crippen molar-refractivity contribution in [1.82, 2.24) is 14.8 Å². The van der Waals surface area contributed by atoms with Crippen molar-refractivity contribution in [2.75, 3.05) is 49.2 Å². The third kappa shape index (κ3) is 7.99. The fourth-order valence-electron chi connectivity index (χ4n) is 4.75. The number of rotatable bonds is 8. The highest BCUT2D eigenvalue weighted by molar-refractivity contribution is 6.00. The second-order valence-corrected chi connectivity index (χ2v) is 10.8. The smallest absolute Gasteiger partial charge is 0.416 e. The molecule has 3 N–H and O–H groups in total. The van der Waals surface area contributed by atoms with Gasteiger partial charge in [-0.3, -0.25) is 9.69 Å². The SMILES string of the molecule is CC(c1cc(NC(=O)Nc2ccc(Oc3ccnc(NC(=O)C4CC4)c3)c(F)c2)cc(C(F)(F)F)c1)N1CCN(C)CC1. The highest BCUT2D eigenvalue weighted by atomic mass is 19.4. The molecule has 0 bridgehead atoms. The maximum Gasteiger partial charge on any atom is 0.416 e. The second-order valence-electron chi connectivity index (χ2n) is 10.8. The van der Waals surface area contributed by atoms with E-state index in [0.29, 0.717) is 18.7 Å². The van der Waals surface area contributed by atoms with Gasteiger partial charge in [-0.1, -0.05) is 0 Å². The highest BCUT2D eigenvalue weighted by Crippen LogP contribution is 2.35. The number of halogens is 4. The Kier molecular flexibility index (Phi) is 8.83. The van der Waals surface area contributed by atoms with E-state index in [1.165, 1.54) is 36.5 Å². The summed E-state index contributed by atoms with van der Waals surface area (Å²) in [7, 11) is 1.99. The van der Waals surface area contributed by atoms with Crippen LogP contribution in [-0.2, 0) is 11.0 Å². The van der Waals surface area contributed by atoms with E-state index >= 15 is 0 Å². The fourth-order valence-corrected chi connectivity index (χ4v) is 4.75. The van der Waals surface area contributed by atoms with E-state index in [4.69, 9.17) is 4.74 Å². The molecule has 3 aromatic rings. The molecule has 2 aromatic carbocycles. The number of alkyl halides is 3. The van der Waals surface area contributed by atoms with Gasteiger partial charge in [-0.25, -0.2) is 14.2 Å². The third-order valence-corrected chi connectivity index (χ3v) is 7.46. The van der Waals surface area contributed by atoms with Crippen LogP contribution in [0.3, 0.4) is 0 Å². The first kappa shape index (κ1) is 30.2. The van der Waals surface area contributed by atoms with E-state index in [-0.39, 0.29) is 46.6 Å². The average molecular weight is 601 g/mol. The van der Waals surface area contributed by atoms with Gasteiger partial charge in [-0.2, -0.15) is 13.2 Å². The number of aromatic nitrogens is 1. The van der Waals surface area contributed by atoms with Gasteiger partial charge in [0.2, 0.25) is 5.91 Å². The minimum atomic E-state index is -4.61. The summed E-state index contributed by atoms with van der Waals surface area (Å²) >= 11 is 0. The quantitative estimate of drug-likeness (QED) is 0.262. The van der Waals surface area contributed by atoms with Crippen LogP contribution in [0.1, 0.15) is 36.9 Å². The Balaban J connectivity index is 1.24. The van der Waals surface area contributed by atoms with Crippen LogP contribution >= 0.6 is 0 Å². The molecule has 0 radical (unpaired) electrons. The number of nitrogens with zero attached hydrogens (tertiary/aromatic N) is 3. The summed E-state index contributed by atoms with van der Waals surface area (Å²) in [6.07, 6.45) is -1.52. The molecule has 1 aliphatic heterocycles. The molecule has 1 atom stereocenters. The van der Waals surface area contributed by atoms with Crippen molar-refractivity contribution in [2.24, 2.45) is 5.92 Å². The maximum atomic E-state index is 14.9. The van der Waals surface area contributed by atoms with E-state index in [0.717, 1.165) is 44.1 Å². The lowest BCUT2D eigenvalue weighted by Crippen LogP contribution is -2.45. The van der Waals surface area contributed by atoms with Crippen LogP contribution in [0.4, 0.5) is 39.5 Å². The van der Waals surface area contributed by atoms with E-state index in [1.54, 1.807) is 0 Å².